The number of nitrogens with zero attached hydrogens (tertiary/aromatic N) is 1. The van der Waals surface area contributed by atoms with Gasteiger partial charge in [-0.15, -0.1) is 22.7 Å². The van der Waals surface area contributed by atoms with Gasteiger partial charge in [-0.3, -0.25) is 4.90 Å². The average molecular weight is 384 g/mol. The van der Waals surface area contributed by atoms with Crippen LogP contribution in [0.3, 0.4) is 0 Å². The van der Waals surface area contributed by atoms with Crippen molar-refractivity contribution in [2.24, 2.45) is 0 Å². The lowest BCUT2D eigenvalue weighted by atomic mass is 9.86. The van der Waals surface area contributed by atoms with Crippen molar-refractivity contribution in [3.8, 4) is 5.75 Å². The molecule has 1 aromatic carbocycles. The maximum atomic E-state index is 10.1. The van der Waals surface area contributed by atoms with E-state index in [0.29, 0.717) is 11.8 Å². The van der Waals surface area contributed by atoms with Crippen LogP contribution in [0.15, 0.2) is 53.2 Å². The molecule has 0 fully saturated rings. The SMILES string of the molecule is Oc1cccc2c1CCC(N(CCc1cccs1)CCc1cccs1)C2. The van der Waals surface area contributed by atoms with Gasteiger partial charge in [0, 0.05) is 28.9 Å². The van der Waals surface area contributed by atoms with E-state index in [2.05, 4.69) is 46.0 Å². The molecule has 4 heteroatoms. The number of aromatic hydroxyl groups is 1. The molecule has 1 aliphatic carbocycles. The summed E-state index contributed by atoms with van der Waals surface area (Å²) in [6.45, 7) is 2.23. The van der Waals surface area contributed by atoms with Gasteiger partial charge in [0.15, 0.2) is 0 Å². The minimum Gasteiger partial charge on any atom is -0.508 e. The van der Waals surface area contributed by atoms with Gasteiger partial charge >= 0.3 is 0 Å². The van der Waals surface area contributed by atoms with Crippen molar-refractivity contribution in [2.45, 2.75) is 38.1 Å². The summed E-state index contributed by atoms with van der Waals surface area (Å²) in [5.74, 6) is 0.477. The molecule has 4 rings (SSSR count). The number of hydrogen-bond donors (Lipinski definition) is 1. The molecule has 0 bridgehead atoms. The van der Waals surface area contributed by atoms with Gasteiger partial charge in [-0.25, -0.2) is 0 Å². The van der Waals surface area contributed by atoms with Gasteiger partial charge in [0.1, 0.15) is 5.75 Å². The van der Waals surface area contributed by atoms with Crippen LogP contribution >= 0.6 is 22.7 Å². The molecule has 0 saturated heterocycles. The van der Waals surface area contributed by atoms with Crippen molar-refractivity contribution in [3.63, 3.8) is 0 Å². The minimum atomic E-state index is 0.477. The molecule has 136 valence electrons. The fourth-order valence-electron chi connectivity index (χ4n) is 3.97. The molecule has 3 aromatic rings. The third-order valence-corrected chi connectivity index (χ3v) is 7.27. The van der Waals surface area contributed by atoms with Crippen LogP contribution < -0.4 is 0 Å². The van der Waals surface area contributed by atoms with Crippen LogP contribution in [0, 0.1) is 0 Å². The van der Waals surface area contributed by atoms with Crippen molar-refractivity contribution < 1.29 is 5.11 Å². The van der Waals surface area contributed by atoms with E-state index in [4.69, 9.17) is 0 Å². The Kier molecular flexibility index (Phi) is 5.73. The number of phenols is 1. The first-order valence-electron chi connectivity index (χ1n) is 9.38. The van der Waals surface area contributed by atoms with Crippen LogP contribution in [0.25, 0.3) is 0 Å². The first-order chi connectivity index (χ1) is 12.8. The molecule has 1 unspecified atom stereocenters. The van der Waals surface area contributed by atoms with Crippen LogP contribution in [0.5, 0.6) is 5.75 Å². The number of benzene rings is 1. The highest BCUT2D eigenvalue weighted by molar-refractivity contribution is 7.10. The molecule has 1 N–H and O–H groups in total. The average Bonchev–Trinajstić information content (AvgIpc) is 3.36. The Morgan fingerprint density at radius 3 is 2.23 bits per heavy atom. The second kappa shape index (κ2) is 8.38. The third kappa shape index (κ3) is 4.20. The van der Waals surface area contributed by atoms with Crippen LogP contribution in [-0.2, 0) is 25.7 Å². The molecular formula is C22H25NOS2. The van der Waals surface area contributed by atoms with Crippen LogP contribution in [0.2, 0.25) is 0 Å². The van der Waals surface area contributed by atoms with E-state index in [-0.39, 0.29) is 0 Å². The van der Waals surface area contributed by atoms with E-state index in [1.165, 1.54) is 20.9 Å². The Bertz CT molecular complexity index is 773. The van der Waals surface area contributed by atoms with Gasteiger partial charge in [0.25, 0.3) is 0 Å². The zero-order chi connectivity index (χ0) is 17.8. The fraction of sp³-hybridized carbons (Fsp3) is 0.364. The number of fused-ring (bicyclic) bond motifs is 1. The summed E-state index contributed by atoms with van der Waals surface area (Å²) in [4.78, 5) is 5.63. The molecule has 26 heavy (non-hydrogen) atoms. The van der Waals surface area contributed by atoms with Crippen LogP contribution in [0.4, 0.5) is 0 Å². The molecule has 1 aliphatic rings. The van der Waals surface area contributed by atoms with E-state index in [0.717, 1.165) is 45.2 Å². The molecule has 0 radical (unpaired) electrons. The molecule has 0 spiro atoms. The molecule has 0 aliphatic heterocycles. The third-order valence-electron chi connectivity index (χ3n) is 5.40. The topological polar surface area (TPSA) is 23.5 Å². The standard InChI is InChI=1S/C22H25NOS2/c24-22-7-1-4-17-16-18(8-9-21(17)22)23(12-10-19-5-2-14-25-19)13-11-20-6-3-15-26-20/h1-7,14-15,18,24H,8-13,16H2. The number of phenolic OH excluding ortho intramolecular Hbond substituents is 1. The molecule has 0 amide bonds. The Morgan fingerprint density at radius 1 is 0.923 bits per heavy atom. The lowest BCUT2D eigenvalue weighted by Crippen LogP contribution is -2.41. The van der Waals surface area contributed by atoms with E-state index in [9.17, 15) is 5.11 Å². The number of thiophene rings is 2. The van der Waals surface area contributed by atoms with Gasteiger partial charge in [0.2, 0.25) is 0 Å². The summed E-state index contributed by atoms with van der Waals surface area (Å²) in [7, 11) is 0. The van der Waals surface area contributed by atoms with E-state index >= 15 is 0 Å². The first-order valence-corrected chi connectivity index (χ1v) is 11.1. The zero-order valence-corrected chi connectivity index (χ0v) is 16.6. The molecule has 1 atom stereocenters. The lowest BCUT2D eigenvalue weighted by Gasteiger charge is -2.35. The molecule has 2 nitrogen and oxygen atoms in total. The summed E-state index contributed by atoms with van der Waals surface area (Å²) in [5.41, 5.74) is 2.50. The fourth-order valence-corrected chi connectivity index (χ4v) is 5.37. The van der Waals surface area contributed by atoms with Crippen molar-refractivity contribution >= 4 is 22.7 Å². The summed E-state index contributed by atoms with van der Waals surface area (Å²) in [6, 6.07) is 15.4. The zero-order valence-electron chi connectivity index (χ0n) is 14.9. The largest absolute Gasteiger partial charge is 0.508 e. The maximum Gasteiger partial charge on any atom is 0.119 e. The molecule has 2 heterocycles. The predicted octanol–water partition coefficient (Wildman–Crippen LogP) is 5.16. The summed E-state index contributed by atoms with van der Waals surface area (Å²) < 4.78 is 0. The van der Waals surface area contributed by atoms with Crippen molar-refractivity contribution in [3.05, 3.63) is 74.1 Å². The van der Waals surface area contributed by atoms with Crippen molar-refractivity contribution in [1.82, 2.24) is 4.90 Å². The normalized spacial score (nSPS) is 16.7. The summed E-state index contributed by atoms with van der Waals surface area (Å²) in [6.07, 6.45) is 5.44. The van der Waals surface area contributed by atoms with E-state index in [1.54, 1.807) is 0 Å². The van der Waals surface area contributed by atoms with E-state index < -0.39 is 0 Å². The monoisotopic (exact) mass is 383 g/mol. The number of hydrogen-bond acceptors (Lipinski definition) is 4. The molecule has 2 aromatic heterocycles. The molecular weight excluding hydrogens is 358 g/mol. The van der Waals surface area contributed by atoms with Crippen LogP contribution in [0.1, 0.15) is 27.3 Å². The number of rotatable bonds is 7. The Hall–Kier alpha value is -1.62. The van der Waals surface area contributed by atoms with Gasteiger partial charge < -0.3 is 5.11 Å². The summed E-state index contributed by atoms with van der Waals surface area (Å²) in [5, 5.41) is 14.5. The Labute approximate surface area is 163 Å². The van der Waals surface area contributed by atoms with Gasteiger partial charge in [0.05, 0.1) is 0 Å². The maximum absolute atomic E-state index is 10.1. The van der Waals surface area contributed by atoms with Gasteiger partial charge in [-0.2, -0.15) is 0 Å². The highest BCUT2D eigenvalue weighted by Gasteiger charge is 2.25. The van der Waals surface area contributed by atoms with Crippen molar-refractivity contribution in [1.29, 1.82) is 0 Å². The molecule has 0 saturated carbocycles. The van der Waals surface area contributed by atoms with Crippen molar-refractivity contribution in [2.75, 3.05) is 13.1 Å². The highest BCUT2D eigenvalue weighted by atomic mass is 32.1. The van der Waals surface area contributed by atoms with Gasteiger partial charge in [-0.05, 0) is 72.2 Å². The lowest BCUT2D eigenvalue weighted by molar-refractivity contribution is 0.183. The second-order valence-corrected chi connectivity index (χ2v) is 9.07. The quantitative estimate of drug-likeness (QED) is 0.609. The van der Waals surface area contributed by atoms with Gasteiger partial charge in [-0.1, -0.05) is 24.3 Å². The highest BCUT2D eigenvalue weighted by Crippen LogP contribution is 2.31. The predicted molar refractivity (Wildman–Crippen MR) is 112 cm³/mol. The minimum absolute atomic E-state index is 0.477. The summed E-state index contributed by atoms with van der Waals surface area (Å²) >= 11 is 3.72. The first kappa shape index (κ1) is 17.8. The smallest absolute Gasteiger partial charge is 0.119 e. The Morgan fingerprint density at radius 2 is 1.62 bits per heavy atom. The van der Waals surface area contributed by atoms with E-state index in [1.807, 2.05) is 34.8 Å². The van der Waals surface area contributed by atoms with Crippen LogP contribution in [-0.4, -0.2) is 29.1 Å². The second-order valence-electron chi connectivity index (χ2n) is 7.01. The Balaban J connectivity index is 1.46.